The first-order valence-electron chi connectivity index (χ1n) is 13.7. The molecule has 200 valence electrons. The second-order valence-corrected chi connectivity index (χ2v) is 13.3. The first kappa shape index (κ1) is 26.9. The van der Waals surface area contributed by atoms with Crippen LogP contribution in [0.5, 0.6) is 0 Å². The smallest absolute Gasteiger partial charge is 0.410 e. The highest BCUT2D eigenvalue weighted by Gasteiger charge is 2.38. The number of ether oxygens (including phenoxy) is 2. The lowest BCUT2D eigenvalue weighted by Crippen LogP contribution is -2.53. The standard InChI is InChI=1S/C29H46N4O3/c1-18(2)24-17-35-25(16-32(24)27(34)36-29(7,8)9)23-14-19(3)30-26-15-22(31-33(23)26)20-10-12-21(13-11-20)28(4,5)6/h14-15,18,20-21,24-25H,10-13,16-17H2,1-9H3/t20-,21-,24-,25-/m1/s1. The first-order valence-corrected chi connectivity index (χ1v) is 13.7. The zero-order chi connectivity index (χ0) is 26.4. The number of morpholine rings is 1. The van der Waals surface area contributed by atoms with Crippen LogP contribution in [-0.2, 0) is 9.47 Å². The Morgan fingerprint density at radius 3 is 2.33 bits per heavy atom. The van der Waals surface area contributed by atoms with Crippen molar-refractivity contribution in [3.05, 3.63) is 29.2 Å². The highest BCUT2D eigenvalue weighted by Crippen LogP contribution is 2.43. The minimum absolute atomic E-state index is 0.0271. The minimum Gasteiger partial charge on any atom is -0.444 e. The molecule has 2 atom stereocenters. The second-order valence-electron chi connectivity index (χ2n) is 13.3. The molecule has 7 heteroatoms. The lowest BCUT2D eigenvalue weighted by molar-refractivity contribution is -0.0833. The van der Waals surface area contributed by atoms with Gasteiger partial charge in [0.15, 0.2) is 5.65 Å². The third-order valence-corrected chi connectivity index (χ3v) is 7.93. The van der Waals surface area contributed by atoms with Crippen molar-refractivity contribution in [1.29, 1.82) is 0 Å². The van der Waals surface area contributed by atoms with Crippen molar-refractivity contribution >= 4 is 11.7 Å². The van der Waals surface area contributed by atoms with Gasteiger partial charge in [-0.3, -0.25) is 4.90 Å². The number of hydrogen-bond donors (Lipinski definition) is 0. The summed E-state index contributed by atoms with van der Waals surface area (Å²) in [4.78, 5) is 19.8. The highest BCUT2D eigenvalue weighted by atomic mass is 16.6. The van der Waals surface area contributed by atoms with Gasteiger partial charge in [0.25, 0.3) is 0 Å². The van der Waals surface area contributed by atoms with Gasteiger partial charge in [0.2, 0.25) is 0 Å². The Morgan fingerprint density at radius 2 is 1.75 bits per heavy atom. The molecular weight excluding hydrogens is 452 g/mol. The van der Waals surface area contributed by atoms with Gasteiger partial charge in [-0.15, -0.1) is 0 Å². The van der Waals surface area contributed by atoms with E-state index in [1.165, 1.54) is 25.7 Å². The molecule has 4 rings (SSSR count). The van der Waals surface area contributed by atoms with Gasteiger partial charge < -0.3 is 9.47 Å². The van der Waals surface area contributed by atoms with Crippen LogP contribution in [0.15, 0.2) is 12.1 Å². The summed E-state index contributed by atoms with van der Waals surface area (Å²) in [5.41, 5.74) is 3.68. The lowest BCUT2D eigenvalue weighted by Gasteiger charge is -2.42. The molecule has 36 heavy (non-hydrogen) atoms. The average molecular weight is 499 g/mol. The number of fused-ring (bicyclic) bond motifs is 1. The molecule has 7 nitrogen and oxygen atoms in total. The number of amides is 1. The van der Waals surface area contributed by atoms with Crippen molar-refractivity contribution in [2.24, 2.45) is 17.3 Å². The fraction of sp³-hybridized carbons (Fsp3) is 0.759. The van der Waals surface area contributed by atoms with E-state index in [1.54, 1.807) is 0 Å². The van der Waals surface area contributed by atoms with E-state index in [4.69, 9.17) is 19.6 Å². The van der Waals surface area contributed by atoms with Crippen molar-refractivity contribution in [1.82, 2.24) is 19.5 Å². The average Bonchev–Trinajstić information content (AvgIpc) is 3.20. The van der Waals surface area contributed by atoms with Gasteiger partial charge in [-0.25, -0.2) is 14.3 Å². The van der Waals surface area contributed by atoms with Gasteiger partial charge in [0.1, 0.15) is 11.7 Å². The van der Waals surface area contributed by atoms with Crippen LogP contribution in [0.3, 0.4) is 0 Å². The number of carbonyl (C=O) groups is 1. The van der Waals surface area contributed by atoms with E-state index in [0.29, 0.717) is 24.5 Å². The van der Waals surface area contributed by atoms with E-state index < -0.39 is 5.60 Å². The van der Waals surface area contributed by atoms with Crippen LogP contribution >= 0.6 is 0 Å². The summed E-state index contributed by atoms with van der Waals surface area (Å²) >= 11 is 0. The maximum atomic E-state index is 13.2. The monoisotopic (exact) mass is 498 g/mol. The minimum atomic E-state index is -0.546. The summed E-state index contributed by atoms with van der Waals surface area (Å²) in [7, 11) is 0. The summed E-state index contributed by atoms with van der Waals surface area (Å²) in [5.74, 6) is 1.50. The number of aromatic nitrogens is 3. The third-order valence-electron chi connectivity index (χ3n) is 7.93. The Hall–Kier alpha value is -2.15. The van der Waals surface area contributed by atoms with Crippen molar-refractivity contribution < 1.29 is 14.3 Å². The maximum absolute atomic E-state index is 13.2. The lowest BCUT2D eigenvalue weighted by atomic mass is 9.69. The predicted molar refractivity (Wildman–Crippen MR) is 142 cm³/mol. The number of aryl methyl sites for hydroxylation is 1. The van der Waals surface area contributed by atoms with Crippen LogP contribution in [0.1, 0.15) is 110 Å². The fourth-order valence-electron chi connectivity index (χ4n) is 5.76. The third kappa shape index (κ3) is 5.87. The summed E-state index contributed by atoms with van der Waals surface area (Å²) in [6.07, 6.45) is 4.25. The van der Waals surface area contributed by atoms with Crippen LogP contribution < -0.4 is 0 Å². The van der Waals surface area contributed by atoms with Crippen LogP contribution in [0.2, 0.25) is 0 Å². The molecule has 2 aromatic rings. The maximum Gasteiger partial charge on any atom is 0.410 e. The van der Waals surface area contributed by atoms with E-state index >= 15 is 0 Å². The molecule has 1 saturated heterocycles. The summed E-state index contributed by atoms with van der Waals surface area (Å²) in [5, 5.41) is 5.06. The number of carbonyl (C=O) groups excluding carboxylic acids is 1. The first-order chi connectivity index (χ1) is 16.7. The number of nitrogens with zero attached hydrogens (tertiary/aromatic N) is 4. The topological polar surface area (TPSA) is 69.0 Å². The Labute approximate surface area is 216 Å². The van der Waals surface area contributed by atoms with Crippen molar-refractivity contribution in [3.8, 4) is 0 Å². The van der Waals surface area contributed by atoms with Crippen molar-refractivity contribution in [2.75, 3.05) is 13.2 Å². The molecule has 0 unspecified atom stereocenters. The molecule has 0 radical (unpaired) electrons. The van der Waals surface area contributed by atoms with E-state index in [2.05, 4.69) is 40.7 Å². The zero-order valence-electron chi connectivity index (χ0n) is 23.8. The normalized spacial score (nSPS) is 26.0. The molecule has 2 aliphatic rings. The summed E-state index contributed by atoms with van der Waals surface area (Å²) in [6, 6.07) is 4.18. The summed E-state index contributed by atoms with van der Waals surface area (Å²) < 4.78 is 14.1. The Balaban J connectivity index is 1.60. The molecule has 0 aromatic carbocycles. The number of rotatable bonds is 3. The highest BCUT2D eigenvalue weighted by molar-refractivity contribution is 5.69. The van der Waals surface area contributed by atoms with E-state index in [9.17, 15) is 4.79 Å². The van der Waals surface area contributed by atoms with E-state index in [-0.39, 0.29) is 24.2 Å². The predicted octanol–water partition coefficient (Wildman–Crippen LogP) is 6.69. The Bertz CT molecular complexity index is 1070. The molecular formula is C29H46N4O3. The van der Waals surface area contributed by atoms with Gasteiger partial charge in [-0.05, 0) is 76.7 Å². The largest absolute Gasteiger partial charge is 0.444 e. The quantitative estimate of drug-likeness (QED) is 0.471. The van der Waals surface area contributed by atoms with Gasteiger partial charge in [-0.1, -0.05) is 34.6 Å². The molecule has 0 spiro atoms. The fourth-order valence-corrected chi connectivity index (χ4v) is 5.76. The van der Waals surface area contributed by atoms with E-state index in [0.717, 1.165) is 28.6 Å². The number of hydrogen-bond acceptors (Lipinski definition) is 5. The van der Waals surface area contributed by atoms with Crippen molar-refractivity contribution in [2.45, 2.75) is 112 Å². The molecule has 2 aromatic heterocycles. The molecule has 1 aliphatic carbocycles. The van der Waals surface area contributed by atoms with Crippen molar-refractivity contribution in [3.63, 3.8) is 0 Å². The summed E-state index contributed by atoms with van der Waals surface area (Å²) in [6.45, 7) is 19.9. The van der Waals surface area contributed by atoms with Crippen LogP contribution in [-0.4, -0.2) is 50.4 Å². The Kier molecular flexibility index (Phi) is 7.44. The molecule has 1 aliphatic heterocycles. The molecule has 1 saturated carbocycles. The van der Waals surface area contributed by atoms with Crippen LogP contribution in [0.25, 0.3) is 5.65 Å². The molecule has 2 fully saturated rings. The molecule has 0 N–H and O–H groups in total. The zero-order valence-corrected chi connectivity index (χ0v) is 23.8. The van der Waals surface area contributed by atoms with Crippen LogP contribution in [0, 0.1) is 24.2 Å². The molecule has 3 heterocycles. The molecule has 1 amide bonds. The van der Waals surface area contributed by atoms with Gasteiger partial charge >= 0.3 is 6.09 Å². The van der Waals surface area contributed by atoms with Gasteiger partial charge in [-0.2, -0.15) is 5.10 Å². The van der Waals surface area contributed by atoms with Gasteiger partial charge in [0.05, 0.1) is 30.6 Å². The van der Waals surface area contributed by atoms with E-state index in [1.807, 2.05) is 43.2 Å². The van der Waals surface area contributed by atoms with Crippen LogP contribution in [0.4, 0.5) is 4.79 Å². The SMILES string of the molecule is Cc1cc([C@H]2CN(C(=O)OC(C)(C)C)[C@@H](C(C)C)CO2)n2nc([C@H]3CC[C@H](C(C)(C)C)CC3)cc2n1. The molecule has 0 bridgehead atoms. The Morgan fingerprint density at radius 1 is 1.08 bits per heavy atom. The second kappa shape index (κ2) is 9.96. The van der Waals surface area contributed by atoms with Gasteiger partial charge in [0, 0.05) is 17.7 Å².